The van der Waals surface area contributed by atoms with Gasteiger partial charge in [-0.25, -0.2) is 0 Å². The van der Waals surface area contributed by atoms with E-state index in [-0.39, 0.29) is 23.3 Å². The van der Waals surface area contributed by atoms with Gasteiger partial charge in [-0.2, -0.15) is 0 Å². The summed E-state index contributed by atoms with van der Waals surface area (Å²) in [5, 5.41) is 6.59. The van der Waals surface area contributed by atoms with Gasteiger partial charge >= 0.3 is 0 Å². The molecule has 0 spiro atoms. The van der Waals surface area contributed by atoms with Crippen LogP contribution in [0.2, 0.25) is 5.02 Å². The predicted octanol–water partition coefficient (Wildman–Crippen LogP) is 2.49. The molecule has 0 radical (unpaired) electrons. The van der Waals surface area contributed by atoms with Crippen molar-refractivity contribution in [2.45, 2.75) is 31.8 Å². The molecule has 0 saturated carbocycles. The van der Waals surface area contributed by atoms with E-state index in [9.17, 15) is 9.59 Å². The van der Waals surface area contributed by atoms with Gasteiger partial charge in [-0.1, -0.05) is 29.8 Å². The molecule has 4 nitrogen and oxygen atoms in total. The molecule has 114 valence electrons. The van der Waals surface area contributed by atoms with Crippen LogP contribution in [0.25, 0.3) is 0 Å². The van der Waals surface area contributed by atoms with E-state index in [1.807, 2.05) is 18.2 Å². The Balaban J connectivity index is 1.66. The minimum atomic E-state index is -0.350. The molecule has 1 aliphatic carbocycles. The molecule has 0 fully saturated rings. The third kappa shape index (κ3) is 3.07. The van der Waals surface area contributed by atoms with Crippen LogP contribution in [0.5, 0.6) is 0 Å². The highest BCUT2D eigenvalue weighted by molar-refractivity contribution is 6.30. The molecule has 1 aromatic rings. The molecule has 5 heteroatoms. The second-order valence-corrected chi connectivity index (χ2v) is 5.94. The maximum absolute atomic E-state index is 12.4. The van der Waals surface area contributed by atoms with Gasteiger partial charge in [0.1, 0.15) is 5.57 Å². The van der Waals surface area contributed by atoms with Gasteiger partial charge in [0.2, 0.25) is 0 Å². The number of nitrogens with one attached hydrogen (secondary N) is 2. The summed E-state index contributed by atoms with van der Waals surface area (Å²) in [5.41, 5.74) is 1.84. The monoisotopic (exact) mass is 316 g/mol. The van der Waals surface area contributed by atoms with Gasteiger partial charge in [-0.05, 0) is 37.0 Å². The first-order valence-corrected chi connectivity index (χ1v) is 7.76. The highest BCUT2D eigenvalue weighted by Crippen LogP contribution is 2.25. The Morgan fingerprint density at radius 2 is 2.09 bits per heavy atom. The third-order valence-electron chi connectivity index (χ3n) is 3.98. The second kappa shape index (κ2) is 6.36. The maximum Gasteiger partial charge on any atom is 0.257 e. The molecule has 1 atom stereocenters. The average Bonchev–Trinajstić information content (AvgIpc) is 2.55. The molecule has 0 saturated heterocycles. The SMILES string of the molecule is O=C(NCc1ccc(Cl)cc1)C1=CNC2CCCC=C2C1=O. The average molecular weight is 317 g/mol. The largest absolute Gasteiger partial charge is 0.383 e. The number of benzene rings is 1. The lowest BCUT2D eigenvalue weighted by Gasteiger charge is -2.28. The van der Waals surface area contributed by atoms with Crippen molar-refractivity contribution < 1.29 is 9.59 Å². The smallest absolute Gasteiger partial charge is 0.257 e. The Hall–Kier alpha value is -2.07. The zero-order valence-corrected chi connectivity index (χ0v) is 12.8. The molecule has 1 aromatic carbocycles. The lowest BCUT2D eigenvalue weighted by molar-refractivity contribution is -0.121. The Bertz CT molecular complexity index is 662. The van der Waals surface area contributed by atoms with Crippen molar-refractivity contribution in [2.24, 2.45) is 0 Å². The molecule has 2 N–H and O–H groups in total. The molecular weight excluding hydrogens is 300 g/mol. The lowest BCUT2D eigenvalue weighted by atomic mass is 9.86. The van der Waals surface area contributed by atoms with E-state index < -0.39 is 0 Å². The summed E-state index contributed by atoms with van der Waals surface area (Å²) in [6.07, 6.45) is 6.41. The van der Waals surface area contributed by atoms with Crippen molar-refractivity contribution in [3.8, 4) is 0 Å². The van der Waals surface area contributed by atoms with Crippen molar-refractivity contribution in [3.63, 3.8) is 0 Å². The van der Waals surface area contributed by atoms with Gasteiger partial charge in [0, 0.05) is 23.3 Å². The third-order valence-corrected chi connectivity index (χ3v) is 4.24. The molecule has 2 aliphatic rings. The molecular formula is C17H17ClN2O2. The number of hydrogen-bond acceptors (Lipinski definition) is 3. The maximum atomic E-state index is 12.4. The van der Waals surface area contributed by atoms with Gasteiger partial charge in [-0.3, -0.25) is 9.59 Å². The standard InChI is InChI=1S/C17H17ClN2O2/c18-12-7-5-11(6-8-12)9-20-17(22)14-10-19-15-4-2-1-3-13(15)16(14)21/h3,5-8,10,15,19H,1-2,4,9H2,(H,20,22). The Morgan fingerprint density at radius 3 is 2.86 bits per heavy atom. The highest BCUT2D eigenvalue weighted by atomic mass is 35.5. The first-order valence-electron chi connectivity index (χ1n) is 7.39. The highest BCUT2D eigenvalue weighted by Gasteiger charge is 2.31. The Kier molecular flexibility index (Phi) is 4.29. The van der Waals surface area contributed by atoms with Crippen LogP contribution in [0.15, 0.2) is 47.7 Å². The summed E-state index contributed by atoms with van der Waals surface area (Å²) >= 11 is 5.82. The van der Waals surface area contributed by atoms with Crippen molar-refractivity contribution in [1.82, 2.24) is 10.6 Å². The van der Waals surface area contributed by atoms with Gasteiger partial charge < -0.3 is 10.6 Å². The van der Waals surface area contributed by atoms with E-state index in [4.69, 9.17) is 11.6 Å². The van der Waals surface area contributed by atoms with Gasteiger partial charge in [0.25, 0.3) is 5.91 Å². The molecule has 1 unspecified atom stereocenters. The molecule has 1 aliphatic heterocycles. The van der Waals surface area contributed by atoms with Crippen LogP contribution in [0.4, 0.5) is 0 Å². The van der Waals surface area contributed by atoms with Gasteiger partial charge in [0.15, 0.2) is 5.78 Å². The van der Waals surface area contributed by atoms with Crippen molar-refractivity contribution in [1.29, 1.82) is 0 Å². The fourth-order valence-electron chi connectivity index (χ4n) is 2.75. The van der Waals surface area contributed by atoms with Gasteiger partial charge in [-0.15, -0.1) is 0 Å². The second-order valence-electron chi connectivity index (χ2n) is 5.51. The number of carbonyl (C=O) groups excluding carboxylic acids is 2. The summed E-state index contributed by atoms with van der Waals surface area (Å²) < 4.78 is 0. The van der Waals surface area contributed by atoms with Crippen LogP contribution in [-0.2, 0) is 16.1 Å². The first-order chi connectivity index (χ1) is 10.6. The summed E-state index contributed by atoms with van der Waals surface area (Å²) in [6, 6.07) is 7.30. The number of ketones is 1. The van der Waals surface area contributed by atoms with Crippen LogP contribution in [0.1, 0.15) is 24.8 Å². The number of carbonyl (C=O) groups is 2. The van der Waals surface area contributed by atoms with E-state index in [1.165, 1.54) is 0 Å². The Labute approximate surface area is 134 Å². The normalized spacial score (nSPS) is 20.4. The van der Waals surface area contributed by atoms with E-state index in [2.05, 4.69) is 10.6 Å². The van der Waals surface area contributed by atoms with Crippen LogP contribution >= 0.6 is 11.6 Å². The van der Waals surface area contributed by atoms with E-state index in [0.29, 0.717) is 11.6 Å². The van der Waals surface area contributed by atoms with Crippen LogP contribution in [0, 0.1) is 0 Å². The first kappa shape index (κ1) is 14.9. The summed E-state index contributed by atoms with van der Waals surface area (Å²) in [7, 11) is 0. The van der Waals surface area contributed by atoms with Crippen molar-refractivity contribution in [2.75, 3.05) is 0 Å². The number of rotatable bonds is 3. The molecule has 3 rings (SSSR count). The zero-order chi connectivity index (χ0) is 15.5. The number of hydrogen-bond donors (Lipinski definition) is 2. The van der Waals surface area contributed by atoms with Crippen molar-refractivity contribution in [3.05, 3.63) is 58.3 Å². The van der Waals surface area contributed by atoms with Crippen LogP contribution in [0.3, 0.4) is 0 Å². The quantitative estimate of drug-likeness (QED) is 0.842. The summed E-state index contributed by atoms with van der Waals surface area (Å²) in [4.78, 5) is 24.6. The molecule has 1 heterocycles. The summed E-state index contributed by atoms with van der Waals surface area (Å²) in [5.74, 6) is -0.505. The number of allylic oxidation sites excluding steroid dienone is 1. The van der Waals surface area contributed by atoms with Crippen molar-refractivity contribution >= 4 is 23.3 Å². The number of amides is 1. The minimum Gasteiger partial charge on any atom is -0.383 e. The van der Waals surface area contributed by atoms with Crippen LogP contribution in [-0.4, -0.2) is 17.7 Å². The zero-order valence-electron chi connectivity index (χ0n) is 12.1. The van der Waals surface area contributed by atoms with Crippen LogP contribution < -0.4 is 10.6 Å². The number of fused-ring (bicyclic) bond motifs is 1. The molecule has 0 bridgehead atoms. The minimum absolute atomic E-state index is 0.0639. The van der Waals surface area contributed by atoms with E-state index in [1.54, 1.807) is 18.3 Å². The number of halogens is 1. The molecule has 1 amide bonds. The topological polar surface area (TPSA) is 58.2 Å². The lowest BCUT2D eigenvalue weighted by Crippen LogP contribution is -2.41. The summed E-state index contributed by atoms with van der Waals surface area (Å²) in [6.45, 7) is 0.364. The van der Waals surface area contributed by atoms with E-state index >= 15 is 0 Å². The molecule has 22 heavy (non-hydrogen) atoms. The predicted molar refractivity (Wildman–Crippen MR) is 85.2 cm³/mol. The fraction of sp³-hybridized carbons (Fsp3) is 0.294. The number of Topliss-reactive ketones (excluding diaryl/α,β-unsaturated/α-hetero) is 1. The fourth-order valence-corrected chi connectivity index (χ4v) is 2.88. The van der Waals surface area contributed by atoms with Gasteiger partial charge in [0.05, 0.1) is 6.04 Å². The Morgan fingerprint density at radius 1 is 1.32 bits per heavy atom. The van der Waals surface area contributed by atoms with E-state index in [0.717, 1.165) is 30.4 Å². The molecule has 0 aromatic heterocycles.